The van der Waals surface area contributed by atoms with Gasteiger partial charge >= 0.3 is 0 Å². The molecule has 2 heterocycles. The molecule has 0 radical (unpaired) electrons. The minimum atomic E-state index is 0.775. The van der Waals surface area contributed by atoms with Crippen LogP contribution in [-0.2, 0) is 4.74 Å². The molecule has 0 N–H and O–H groups in total. The van der Waals surface area contributed by atoms with Crippen molar-refractivity contribution in [3.63, 3.8) is 0 Å². The summed E-state index contributed by atoms with van der Waals surface area (Å²) < 4.78 is 5.39. The van der Waals surface area contributed by atoms with Crippen LogP contribution in [0.15, 0.2) is 0 Å². The van der Waals surface area contributed by atoms with Crippen LogP contribution < -0.4 is 0 Å². The summed E-state index contributed by atoms with van der Waals surface area (Å²) in [6, 6.07) is 0. The normalized spacial score (nSPS) is 27.0. The molecule has 0 aliphatic carbocycles. The van der Waals surface area contributed by atoms with Crippen LogP contribution in [0.25, 0.3) is 0 Å². The Labute approximate surface area is 101 Å². The molecular formula is C12H22BrNO. The van der Waals surface area contributed by atoms with Crippen molar-refractivity contribution in [3.05, 3.63) is 0 Å². The molecule has 88 valence electrons. The minimum Gasteiger partial charge on any atom is -0.381 e. The Morgan fingerprint density at radius 3 is 2.40 bits per heavy atom. The third-order valence-corrected chi connectivity index (χ3v) is 4.63. The van der Waals surface area contributed by atoms with Crippen molar-refractivity contribution in [3.8, 4) is 0 Å². The maximum Gasteiger partial charge on any atom is 0.0468 e. The highest BCUT2D eigenvalue weighted by molar-refractivity contribution is 9.09. The molecule has 0 aromatic carbocycles. The first-order valence-corrected chi connectivity index (χ1v) is 7.20. The highest BCUT2D eigenvalue weighted by Gasteiger charge is 2.19. The van der Waals surface area contributed by atoms with Crippen LogP contribution in [0.3, 0.4) is 0 Å². The van der Waals surface area contributed by atoms with Gasteiger partial charge in [0, 0.05) is 18.0 Å². The van der Waals surface area contributed by atoms with Gasteiger partial charge in [0.05, 0.1) is 0 Å². The van der Waals surface area contributed by atoms with E-state index in [-0.39, 0.29) is 0 Å². The van der Waals surface area contributed by atoms with Gasteiger partial charge in [-0.2, -0.15) is 0 Å². The van der Waals surface area contributed by atoms with Crippen molar-refractivity contribution in [2.45, 2.75) is 36.9 Å². The second-order valence-electron chi connectivity index (χ2n) is 4.86. The lowest BCUT2D eigenvalue weighted by atomic mass is 9.96. The molecule has 2 saturated heterocycles. The first-order chi connectivity index (χ1) is 7.34. The highest BCUT2D eigenvalue weighted by atomic mass is 79.9. The lowest BCUT2D eigenvalue weighted by molar-refractivity contribution is 0.0593. The maximum atomic E-state index is 5.39. The third kappa shape index (κ3) is 4.04. The Bertz CT molecular complexity index is 174. The molecule has 2 rings (SSSR count). The van der Waals surface area contributed by atoms with Crippen LogP contribution >= 0.6 is 15.9 Å². The van der Waals surface area contributed by atoms with Gasteiger partial charge in [-0.15, -0.1) is 0 Å². The number of piperidine rings is 1. The van der Waals surface area contributed by atoms with E-state index in [0.717, 1.165) is 24.0 Å². The number of hydrogen-bond donors (Lipinski definition) is 0. The van der Waals surface area contributed by atoms with E-state index in [4.69, 9.17) is 4.74 Å². The second-order valence-corrected chi connectivity index (χ2v) is 6.16. The lowest BCUT2D eigenvalue weighted by Crippen LogP contribution is -2.35. The molecule has 3 heteroatoms. The maximum absolute atomic E-state index is 5.39. The summed E-state index contributed by atoms with van der Waals surface area (Å²) in [6.45, 7) is 5.88. The van der Waals surface area contributed by atoms with Crippen molar-refractivity contribution in [1.29, 1.82) is 0 Å². The summed E-state index contributed by atoms with van der Waals surface area (Å²) in [5.74, 6) is 0.931. The number of hydrogen-bond acceptors (Lipinski definition) is 2. The average molecular weight is 276 g/mol. The van der Waals surface area contributed by atoms with Gasteiger partial charge in [-0.05, 0) is 57.7 Å². The summed E-state index contributed by atoms with van der Waals surface area (Å²) >= 11 is 3.70. The van der Waals surface area contributed by atoms with Gasteiger partial charge < -0.3 is 9.64 Å². The zero-order valence-corrected chi connectivity index (χ0v) is 11.0. The van der Waals surface area contributed by atoms with Crippen LogP contribution in [0.2, 0.25) is 0 Å². The van der Waals surface area contributed by atoms with Gasteiger partial charge in [0.2, 0.25) is 0 Å². The van der Waals surface area contributed by atoms with Gasteiger partial charge in [-0.3, -0.25) is 0 Å². The van der Waals surface area contributed by atoms with E-state index >= 15 is 0 Å². The Balaban J connectivity index is 1.60. The van der Waals surface area contributed by atoms with Gasteiger partial charge in [-0.25, -0.2) is 0 Å². The molecule has 15 heavy (non-hydrogen) atoms. The van der Waals surface area contributed by atoms with E-state index in [2.05, 4.69) is 20.8 Å². The fourth-order valence-corrected chi connectivity index (χ4v) is 2.93. The molecule has 2 aliphatic rings. The van der Waals surface area contributed by atoms with Gasteiger partial charge in [-0.1, -0.05) is 15.9 Å². The van der Waals surface area contributed by atoms with Crippen molar-refractivity contribution in [2.75, 3.05) is 32.8 Å². The number of ether oxygens (including phenoxy) is 1. The average Bonchev–Trinajstić information content (AvgIpc) is 2.30. The first-order valence-electron chi connectivity index (χ1n) is 6.29. The van der Waals surface area contributed by atoms with Crippen molar-refractivity contribution >= 4 is 15.9 Å². The monoisotopic (exact) mass is 275 g/mol. The summed E-state index contributed by atoms with van der Waals surface area (Å²) in [7, 11) is 0. The smallest absolute Gasteiger partial charge is 0.0468 e. The summed E-state index contributed by atoms with van der Waals surface area (Å²) in [6.07, 6.45) is 6.61. The van der Waals surface area contributed by atoms with E-state index < -0.39 is 0 Å². The molecule has 0 aromatic rings. The molecule has 0 bridgehead atoms. The van der Waals surface area contributed by atoms with Gasteiger partial charge in [0.15, 0.2) is 0 Å². The molecule has 2 aliphatic heterocycles. The summed E-state index contributed by atoms with van der Waals surface area (Å²) in [5.41, 5.74) is 0. The summed E-state index contributed by atoms with van der Waals surface area (Å²) in [5, 5.41) is 0. The van der Waals surface area contributed by atoms with Crippen molar-refractivity contribution < 1.29 is 4.74 Å². The van der Waals surface area contributed by atoms with Crippen LogP contribution in [0, 0.1) is 5.92 Å². The van der Waals surface area contributed by atoms with Gasteiger partial charge in [0.1, 0.15) is 0 Å². The molecule has 2 nitrogen and oxygen atoms in total. The van der Waals surface area contributed by atoms with E-state index in [1.54, 1.807) is 0 Å². The lowest BCUT2D eigenvalue weighted by Gasteiger charge is -2.31. The zero-order chi connectivity index (χ0) is 10.5. The Morgan fingerprint density at radius 2 is 1.73 bits per heavy atom. The molecule has 0 aromatic heterocycles. The molecule has 0 spiro atoms. The number of halogens is 1. The van der Waals surface area contributed by atoms with Crippen LogP contribution in [0.5, 0.6) is 0 Å². The zero-order valence-electron chi connectivity index (χ0n) is 9.46. The number of rotatable bonds is 3. The molecule has 0 unspecified atom stereocenters. The van der Waals surface area contributed by atoms with Crippen LogP contribution in [0.4, 0.5) is 0 Å². The molecular weight excluding hydrogens is 254 g/mol. The van der Waals surface area contributed by atoms with Gasteiger partial charge in [0.25, 0.3) is 0 Å². The van der Waals surface area contributed by atoms with E-state index in [9.17, 15) is 0 Å². The highest BCUT2D eigenvalue weighted by Crippen LogP contribution is 2.21. The standard InChI is InChI=1S/C12H22BrNO/c13-12-2-7-14(8-3-12)6-1-11-4-9-15-10-5-11/h11-12H,1-10H2. The molecule has 0 saturated carbocycles. The molecule has 0 atom stereocenters. The minimum absolute atomic E-state index is 0.775. The van der Waals surface area contributed by atoms with E-state index in [0.29, 0.717) is 0 Å². The van der Waals surface area contributed by atoms with E-state index in [1.165, 1.54) is 51.7 Å². The number of alkyl halides is 1. The molecule has 0 amide bonds. The Hall–Kier alpha value is 0.400. The predicted molar refractivity (Wildman–Crippen MR) is 66.5 cm³/mol. The van der Waals surface area contributed by atoms with Crippen molar-refractivity contribution in [2.24, 2.45) is 5.92 Å². The fourth-order valence-electron chi connectivity index (χ4n) is 2.53. The SMILES string of the molecule is BrC1CCN(CCC2CCOCC2)CC1. The van der Waals surface area contributed by atoms with Crippen LogP contribution in [-0.4, -0.2) is 42.6 Å². The van der Waals surface area contributed by atoms with E-state index in [1.807, 2.05) is 0 Å². The Morgan fingerprint density at radius 1 is 1.07 bits per heavy atom. The second kappa shape index (κ2) is 6.21. The predicted octanol–water partition coefficient (Wildman–Crippen LogP) is 2.66. The first kappa shape index (κ1) is 11.9. The summed E-state index contributed by atoms with van der Waals surface area (Å²) in [4.78, 5) is 3.41. The number of nitrogens with zero attached hydrogens (tertiary/aromatic N) is 1. The molecule has 2 fully saturated rings. The fraction of sp³-hybridized carbons (Fsp3) is 1.00. The van der Waals surface area contributed by atoms with Crippen molar-refractivity contribution in [1.82, 2.24) is 4.90 Å². The largest absolute Gasteiger partial charge is 0.381 e. The Kier molecular flexibility index (Phi) is 4.92. The topological polar surface area (TPSA) is 12.5 Å². The van der Waals surface area contributed by atoms with Crippen LogP contribution in [0.1, 0.15) is 32.1 Å². The number of likely N-dealkylation sites (tertiary alicyclic amines) is 1. The third-order valence-electron chi connectivity index (χ3n) is 3.71. The quantitative estimate of drug-likeness (QED) is 0.735.